The number of ketones is 1. The first-order valence-corrected chi connectivity index (χ1v) is 26.2. The second kappa shape index (κ2) is 17.9. The highest BCUT2D eigenvalue weighted by Gasteiger charge is 2.60. The van der Waals surface area contributed by atoms with Gasteiger partial charge in [-0.1, -0.05) is 124 Å². The van der Waals surface area contributed by atoms with Crippen LogP contribution in [0.1, 0.15) is 52.0 Å². The fourth-order valence-corrected chi connectivity index (χ4v) is 15.0. The lowest BCUT2D eigenvalue weighted by Gasteiger charge is -2.55. The molecule has 1 saturated carbocycles. The van der Waals surface area contributed by atoms with Crippen LogP contribution < -0.4 is 15.9 Å². The average molecular weight is 856 g/mol. The molecule has 0 radical (unpaired) electrons. The Morgan fingerprint density at radius 1 is 0.933 bits per heavy atom. The molecule has 5 aromatic rings. The van der Waals surface area contributed by atoms with Crippen molar-refractivity contribution in [1.29, 1.82) is 0 Å². The lowest BCUT2D eigenvalue weighted by Crippen LogP contribution is -2.72. The molecule has 1 amide bonds. The second-order valence-corrected chi connectivity index (χ2v) is 26.0. The normalized spacial score (nSPS) is 19.7. The van der Waals surface area contributed by atoms with Crippen LogP contribution in [0, 0.1) is 11.8 Å². The van der Waals surface area contributed by atoms with Gasteiger partial charge in [-0.25, -0.2) is 9.78 Å². The van der Waals surface area contributed by atoms with Crippen molar-refractivity contribution in [2.45, 2.75) is 77.2 Å². The molecular formula is C49H54N3O5PSSi. The molecule has 1 aliphatic carbocycles. The largest absolute Gasteiger partial charge is 0.457 e. The monoisotopic (exact) mass is 855 g/mol. The molecule has 1 saturated heterocycles. The molecule has 0 N–H and O–H groups in total. The van der Waals surface area contributed by atoms with E-state index in [2.05, 4.69) is 45.4 Å². The van der Waals surface area contributed by atoms with E-state index in [0.717, 1.165) is 38.6 Å². The van der Waals surface area contributed by atoms with Gasteiger partial charge in [-0.05, 0) is 84.0 Å². The summed E-state index contributed by atoms with van der Waals surface area (Å²) in [4.78, 5) is 56.5. The molecular weight excluding hydrogens is 802 g/mol. The molecule has 2 aromatic heterocycles. The van der Waals surface area contributed by atoms with Crippen molar-refractivity contribution in [3.05, 3.63) is 144 Å². The molecule has 1 aliphatic heterocycles. The van der Waals surface area contributed by atoms with Gasteiger partial charge in [0.2, 0.25) is 5.91 Å². The predicted octanol–water partition coefficient (Wildman–Crippen LogP) is 9.05. The maximum absolute atomic E-state index is 15.5. The third-order valence-electron chi connectivity index (χ3n) is 12.3. The van der Waals surface area contributed by atoms with Crippen LogP contribution in [0.4, 0.5) is 0 Å². The first-order chi connectivity index (χ1) is 28.8. The number of thiazole rings is 1. The average Bonchev–Trinajstić information content (AvgIpc) is 3.72. The Morgan fingerprint density at radius 3 is 2.03 bits per heavy atom. The maximum Gasteiger partial charge on any atom is 0.356 e. The van der Waals surface area contributed by atoms with Crippen molar-refractivity contribution in [2.24, 2.45) is 11.8 Å². The molecule has 3 aromatic carbocycles. The number of allylic oxidation sites excluding steroid dienone is 1. The van der Waals surface area contributed by atoms with Crippen LogP contribution in [0.3, 0.4) is 0 Å². The lowest BCUT2D eigenvalue weighted by atomic mass is 9.69. The van der Waals surface area contributed by atoms with E-state index >= 15 is 14.4 Å². The standard InChI is InChI=1S/C49H54N3O5PSSi/c1-8-31-56-48(55)47(58(37-20-12-9-13-21-37,38-22-14-10-15-23-38)39-24-16-11-17-25-39)52-44(43(46(52)54)34(2)57-60(6,7)49(3,4)5)40-26-18-19-36(45(40)53)32-42-51-41(33-59-42)35-27-29-50-30-28-35/h8-17,20-25,27-30,32-34,40,43-44H,1,18-19,26,31H2,2-7H3/b36-32+/t34-,40-,43-,44-/m1/s1. The summed E-state index contributed by atoms with van der Waals surface area (Å²) in [6.07, 6.45) is 8.29. The zero-order chi connectivity index (χ0) is 42.7. The third-order valence-corrected chi connectivity index (χ3v) is 21.9. The number of Topliss-reactive ketones (excluding diaryl/α,β-unsaturated/α-hetero) is 1. The van der Waals surface area contributed by atoms with E-state index in [-0.39, 0.29) is 28.8 Å². The Labute approximate surface area is 359 Å². The SMILES string of the molecule is C=CCOC(=O)C(N1C(=O)[C@H]([C@@H](C)O[Si](C)(C)C(C)(C)C)[C@H]1[C@H]1CCC/C(=C\c2nc(-c3ccncc3)cs2)C1=O)=P(c1ccccc1)(c1ccccc1)c1ccccc1. The Bertz CT molecular complexity index is 2330. The number of benzene rings is 3. The molecule has 4 atom stereocenters. The lowest BCUT2D eigenvalue weighted by molar-refractivity contribution is -0.162. The topological polar surface area (TPSA) is 98.7 Å². The van der Waals surface area contributed by atoms with E-state index in [4.69, 9.17) is 14.1 Å². The van der Waals surface area contributed by atoms with E-state index in [1.54, 1.807) is 17.3 Å². The molecule has 3 heterocycles. The number of likely N-dealkylation sites (tertiary alicyclic amines) is 1. The van der Waals surface area contributed by atoms with Crippen molar-refractivity contribution in [3.63, 3.8) is 0 Å². The van der Waals surface area contributed by atoms with Crippen molar-refractivity contribution in [3.8, 4) is 11.3 Å². The van der Waals surface area contributed by atoms with Crippen LogP contribution in [-0.4, -0.2) is 65.0 Å². The van der Waals surface area contributed by atoms with Crippen molar-refractivity contribution >= 4 is 71.6 Å². The fraction of sp³-hybridized carbons (Fsp3) is 0.306. The first-order valence-electron chi connectivity index (χ1n) is 20.6. The van der Waals surface area contributed by atoms with E-state index < -0.39 is 45.2 Å². The predicted molar refractivity (Wildman–Crippen MR) is 249 cm³/mol. The number of amides is 1. The van der Waals surface area contributed by atoms with E-state index in [9.17, 15) is 0 Å². The highest BCUT2D eigenvalue weighted by Crippen LogP contribution is 2.52. The van der Waals surface area contributed by atoms with Crippen LogP contribution in [0.5, 0.6) is 0 Å². The van der Waals surface area contributed by atoms with Gasteiger partial charge in [0, 0.05) is 36.1 Å². The number of ether oxygens (including phenoxy) is 1. The molecule has 0 spiro atoms. The number of β-lactam (4-membered cyclic amide) rings is 1. The number of hydrogen-bond donors (Lipinski definition) is 0. The van der Waals surface area contributed by atoms with Gasteiger partial charge in [0.15, 0.2) is 14.1 Å². The Kier molecular flexibility index (Phi) is 12.9. The van der Waals surface area contributed by atoms with Gasteiger partial charge in [0.1, 0.15) is 17.0 Å². The summed E-state index contributed by atoms with van der Waals surface area (Å²) < 4.78 is 13.1. The number of pyridine rings is 1. The van der Waals surface area contributed by atoms with Crippen LogP contribution in [0.25, 0.3) is 17.3 Å². The molecule has 2 aliphatic rings. The molecule has 2 fully saturated rings. The fourth-order valence-electron chi connectivity index (χ4n) is 8.40. The molecule has 310 valence electrons. The van der Waals surface area contributed by atoms with Gasteiger partial charge in [0.25, 0.3) is 0 Å². The summed E-state index contributed by atoms with van der Waals surface area (Å²) in [5.74, 6) is -2.17. The van der Waals surface area contributed by atoms with Gasteiger partial charge in [-0.2, -0.15) is 0 Å². The van der Waals surface area contributed by atoms with Crippen LogP contribution in [-0.2, 0) is 23.5 Å². The molecule has 0 bridgehead atoms. The minimum Gasteiger partial charge on any atom is -0.457 e. The van der Waals surface area contributed by atoms with Crippen LogP contribution >= 0.6 is 18.2 Å². The second-order valence-electron chi connectivity index (χ2n) is 17.0. The van der Waals surface area contributed by atoms with Gasteiger partial charge >= 0.3 is 5.97 Å². The smallest absolute Gasteiger partial charge is 0.356 e. The number of aromatic nitrogens is 2. The minimum atomic E-state index is -3.21. The minimum absolute atomic E-state index is 0.0317. The zero-order valence-electron chi connectivity index (χ0n) is 35.3. The van der Waals surface area contributed by atoms with E-state index in [0.29, 0.717) is 18.4 Å². The number of carbonyl (C=O) groups excluding carboxylic acids is 3. The molecule has 11 heteroatoms. The highest BCUT2D eigenvalue weighted by molar-refractivity contribution is 7.96. The Hall–Kier alpha value is -4.99. The first kappa shape index (κ1) is 43.1. The zero-order valence-corrected chi connectivity index (χ0v) is 38.0. The molecule has 7 rings (SSSR count). The summed E-state index contributed by atoms with van der Waals surface area (Å²) in [5, 5.41) is 5.27. The summed E-state index contributed by atoms with van der Waals surface area (Å²) >= 11 is 1.49. The van der Waals surface area contributed by atoms with E-state index in [1.165, 1.54) is 17.4 Å². The van der Waals surface area contributed by atoms with Crippen molar-refractivity contribution in [1.82, 2.24) is 14.9 Å². The highest BCUT2D eigenvalue weighted by atomic mass is 32.1. The molecule has 60 heavy (non-hydrogen) atoms. The van der Waals surface area contributed by atoms with Gasteiger partial charge in [0.05, 0.1) is 23.8 Å². The van der Waals surface area contributed by atoms with Crippen LogP contribution in [0.15, 0.2) is 139 Å². The van der Waals surface area contributed by atoms with E-state index in [1.807, 2.05) is 122 Å². The molecule has 0 unspecified atom stereocenters. The van der Waals surface area contributed by atoms with Gasteiger partial charge in [-0.3, -0.25) is 14.6 Å². The number of nitrogens with zero attached hydrogens (tertiary/aromatic N) is 3. The Balaban J connectivity index is 1.46. The number of hydrogen-bond acceptors (Lipinski definition) is 8. The maximum atomic E-state index is 15.5. The summed E-state index contributed by atoms with van der Waals surface area (Å²) in [5.41, 5.74) is 2.70. The van der Waals surface area contributed by atoms with Crippen molar-refractivity contribution < 1.29 is 23.5 Å². The summed E-state index contributed by atoms with van der Waals surface area (Å²) in [7, 11) is -2.39. The van der Waals surface area contributed by atoms with Crippen LogP contribution in [0.2, 0.25) is 18.1 Å². The summed E-state index contributed by atoms with van der Waals surface area (Å²) in [6.45, 7) is 13.5. The number of rotatable bonds is 13. The number of esters is 1. The molecule has 8 nitrogen and oxygen atoms in total. The Morgan fingerprint density at radius 2 is 1.50 bits per heavy atom. The van der Waals surface area contributed by atoms with Gasteiger partial charge in [-0.15, -0.1) is 11.3 Å². The van der Waals surface area contributed by atoms with Gasteiger partial charge < -0.3 is 14.1 Å². The summed E-state index contributed by atoms with van der Waals surface area (Å²) in [6, 6.07) is 33.0. The number of carbonyl (C=O) groups is 3. The van der Waals surface area contributed by atoms with Crippen molar-refractivity contribution in [2.75, 3.05) is 6.61 Å². The third kappa shape index (κ3) is 8.23. The quantitative estimate of drug-likeness (QED) is 0.0291.